The summed E-state index contributed by atoms with van der Waals surface area (Å²) in [7, 11) is 0. The summed E-state index contributed by atoms with van der Waals surface area (Å²) in [6.07, 6.45) is 8.28. The van der Waals surface area contributed by atoms with Crippen LogP contribution in [0.15, 0.2) is 24.5 Å². The van der Waals surface area contributed by atoms with Crippen LogP contribution < -0.4 is 15.5 Å². The number of nitrogens with zero attached hydrogens (tertiary/aromatic N) is 5. The molecule has 4 aliphatic rings. The SMILES string of the molecule is O=C(NCC(c1cnc(N2CCOCC2)nc1)N1CCC(F)(F)CC1)C1CCCc2nc(NCC3CC3)ccc21. The zero-order chi connectivity index (χ0) is 27.5. The number of amides is 1. The summed E-state index contributed by atoms with van der Waals surface area (Å²) in [5, 5.41) is 6.59. The molecule has 0 bridgehead atoms. The first-order valence-electron chi connectivity index (χ1n) is 14.7. The van der Waals surface area contributed by atoms with E-state index < -0.39 is 5.92 Å². The molecule has 2 aliphatic carbocycles. The van der Waals surface area contributed by atoms with Crippen molar-refractivity contribution in [3.05, 3.63) is 41.3 Å². The van der Waals surface area contributed by atoms with Crippen molar-refractivity contribution in [2.45, 2.75) is 62.8 Å². The number of aromatic nitrogens is 3. The number of ether oxygens (including phenoxy) is 1. The molecule has 4 heterocycles. The van der Waals surface area contributed by atoms with Crippen LogP contribution in [0.2, 0.25) is 0 Å². The number of alkyl halides is 2. The van der Waals surface area contributed by atoms with Gasteiger partial charge in [-0.2, -0.15) is 0 Å². The van der Waals surface area contributed by atoms with E-state index in [1.807, 2.05) is 17.0 Å². The third-order valence-corrected chi connectivity index (χ3v) is 8.65. The third kappa shape index (κ3) is 6.52. The van der Waals surface area contributed by atoms with Crippen LogP contribution in [0.25, 0.3) is 0 Å². The molecule has 0 radical (unpaired) electrons. The van der Waals surface area contributed by atoms with Crippen molar-refractivity contribution in [3.63, 3.8) is 0 Å². The number of aryl methyl sites for hydroxylation is 1. The number of likely N-dealkylation sites (tertiary alicyclic amines) is 1. The van der Waals surface area contributed by atoms with E-state index in [9.17, 15) is 13.6 Å². The Labute approximate surface area is 234 Å². The Morgan fingerprint density at radius 2 is 1.82 bits per heavy atom. The van der Waals surface area contributed by atoms with Crippen LogP contribution in [0.1, 0.15) is 67.3 Å². The van der Waals surface area contributed by atoms with E-state index in [2.05, 4.69) is 25.5 Å². The molecule has 2 atom stereocenters. The molecule has 6 rings (SSSR count). The maximum absolute atomic E-state index is 14.0. The fourth-order valence-corrected chi connectivity index (χ4v) is 5.97. The number of carbonyl (C=O) groups excluding carboxylic acids is 1. The standard InChI is InChI=1S/C29H39F2N7O2/c30-29(31)8-10-37(11-9-29)25(21-17-34-28(35-18-21)38-12-14-40-15-13-38)19-33-27(39)23-2-1-3-24-22(23)6-7-26(36-24)32-16-20-4-5-20/h6-7,17-18,20,23,25H,1-5,8-16,19H2,(H,32,36)(H,33,39). The fraction of sp³-hybridized carbons (Fsp3) is 0.655. The Balaban J connectivity index is 1.14. The van der Waals surface area contributed by atoms with Crippen molar-refractivity contribution in [2.75, 3.05) is 62.7 Å². The topological polar surface area (TPSA) is 95.5 Å². The lowest BCUT2D eigenvalue weighted by Crippen LogP contribution is -2.46. The normalized spacial score (nSPS) is 23.8. The highest BCUT2D eigenvalue weighted by Gasteiger charge is 2.37. The molecule has 11 heteroatoms. The van der Waals surface area contributed by atoms with Crippen LogP contribution in [0.4, 0.5) is 20.5 Å². The van der Waals surface area contributed by atoms with Crippen molar-refractivity contribution in [1.29, 1.82) is 0 Å². The molecule has 2 aromatic heterocycles. The number of anilines is 2. The van der Waals surface area contributed by atoms with Gasteiger partial charge in [-0.05, 0) is 49.7 Å². The van der Waals surface area contributed by atoms with Gasteiger partial charge in [-0.25, -0.2) is 23.7 Å². The number of piperidine rings is 1. The first kappa shape index (κ1) is 27.3. The fourth-order valence-electron chi connectivity index (χ4n) is 5.97. The number of carbonyl (C=O) groups is 1. The minimum Gasteiger partial charge on any atom is -0.378 e. The van der Waals surface area contributed by atoms with Crippen LogP contribution in [0, 0.1) is 5.92 Å². The van der Waals surface area contributed by atoms with Crippen LogP contribution in [0.3, 0.4) is 0 Å². The summed E-state index contributed by atoms with van der Waals surface area (Å²) in [4.78, 5) is 31.6. The Morgan fingerprint density at radius 3 is 2.55 bits per heavy atom. The highest BCUT2D eigenvalue weighted by molar-refractivity contribution is 5.84. The van der Waals surface area contributed by atoms with Gasteiger partial charge in [0.2, 0.25) is 11.9 Å². The third-order valence-electron chi connectivity index (χ3n) is 8.65. The van der Waals surface area contributed by atoms with E-state index in [1.165, 1.54) is 12.8 Å². The highest BCUT2D eigenvalue weighted by atomic mass is 19.3. The number of halogens is 2. The summed E-state index contributed by atoms with van der Waals surface area (Å²) in [6, 6.07) is 3.74. The smallest absolute Gasteiger partial charge is 0.250 e. The van der Waals surface area contributed by atoms with Crippen molar-refractivity contribution in [2.24, 2.45) is 5.92 Å². The molecule has 2 N–H and O–H groups in total. The Bertz CT molecular complexity index is 1160. The second-order valence-electron chi connectivity index (χ2n) is 11.6. The largest absolute Gasteiger partial charge is 0.378 e. The van der Waals surface area contributed by atoms with E-state index in [1.54, 1.807) is 12.4 Å². The molecule has 3 fully saturated rings. The van der Waals surface area contributed by atoms with E-state index in [4.69, 9.17) is 9.72 Å². The van der Waals surface area contributed by atoms with E-state index >= 15 is 0 Å². The molecule has 1 amide bonds. The van der Waals surface area contributed by atoms with Gasteiger partial charge in [-0.3, -0.25) is 9.69 Å². The first-order valence-corrected chi connectivity index (χ1v) is 14.7. The molecular formula is C29H39F2N7O2. The molecule has 1 saturated carbocycles. The molecule has 40 heavy (non-hydrogen) atoms. The van der Waals surface area contributed by atoms with Gasteiger partial charge in [0.15, 0.2) is 0 Å². The molecule has 2 aliphatic heterocycles. The Hall–Kier alpha value is -2.92. The van der Waals surface area contributed by atoms with Crippen molar-refractivity contribution >= 4 is 17.7 Å². The molecule has 0 aromatic carbocycles. The second kappa shape index (κ2) is 11.9. The second-order valence-corrected chi connectivity index (χ2v) is 11.6. The number of rotatable bonds is 9. The summed E-state index contributed by atoms with van der Waals surface area (Å²) < 4.78 is 33.4. The summed E-state index contributed by atoms with van der Waals surface area (Å²) in [5.74, 6) is -0.672. The van der Waals surface area contributed by atoms with Crippen LogP contribution in [0.5, 0.6) is 0 Å². The van der Waals surface area contributed by atoms with Gasteiger partial charge >= 0.3 is 0 Å². The Kier molecular flexibility index (Phi) is 8.11. The number of pyridine rings is 1. The van der Waals surface area contributed by atoms with Crippen molar-refractivity contribution in [3.8, 4) is 0 Å². The molecule has 216 valence electrons. The predicted octanol–water partition coefficient (Wildman–Crippen LogP) is 3.54. The monoisotopic (exact) mass is 555 g/mol. The number of fused-ring (bicyclic) bond motifs is 1. The minimum atomic E-state index is -2.65. The van der Waals surface area contributed by atoms with Crippen LogP contribution >= 0.6 is 0 Å². The molecule has 2 aromatic rings. The van der Waals surface area contributed by atoms with Crippen molar-refractivity contribution < 1.29 is 18.3 Å². The summed E-state index contributed by atoms with van der Waals surface area (Å²) >= 11 is 0. The van der Waals surface area contributed by atoms with Gasteiger partial charge < -0.3 is 20.3 Å². The summed E-state index contributed by atoms with van der Waals surface area (Å²) in [5.41, 5.74) is 2.81. The Morgan fingerprint density at radius 1 is 1.07 bits per heavy atom. The number of hydrogen-bond donors (Lipinski definition) is 2. The first-order chi connectivity index (χ1) is 19.4. The molecule has 2 unspecified atom stereocenters. The minimum absolute atomic E-state index is 0.0420. The molecular weight excluding hydrogens is 516 g/mol. The quantitative estimate of drug-likeness (QED) is 0.485. The van der Waals surface area contributed by atoms with Crippen molar-refractivity contribution in [1.82, 2.24) is 25.2 Å². The zero-order valence-electron chi connectivity index (χ0n) is 23.0. The number of nitrogens with one attached hydrogen (secondary N) is 2. The average Bonchev–Trinajstić information content (AvgIpc) is 3.82. The van der Waals surface area contributed by atoms with Gasteiger partial charge in [0.1, 0.15) is 5.82 Å². The van der Waals surface area contributed by atoms with Crippen LogP contribution in [-0.4, -0.2) is 84.2 Å². The zero-order valence-corrected chi connectivity index (χ0v) is 23.0. The van der Waals surface area contributed by atoms with Gasteiger partial charge in [0.25, 0.3) is 5.92 Å². The van der Waals surface area contributed by atoms with Crippen LogP contribution in [-0.2, 0) is 16.0 Å². The number of morpholine rings is 1. The van der Waals surface area contributed by atoms with Gasteiger partial charge in [-0.1, -0.05) is 6.07 Å². The summed E-state index contributed by atoms with van der Waals surface area (Å²) in [6.45, 7) is 4.52. The van der Waals surface area contributed by atoms with E-state index in [0.717, 1.165) is 67.5 Å². The average molecular weight is 556 g/mol. The predicted molar refractivity (Wildman–Crippen MR) is 148 cm³/mol. The van der Waals surface area contributed by atoms with Gasteiger partial charge in [0, 0.05) is 75.8 Å². The lowest BCUT2D eigenvalue weighted by atomic mass is 9.85. The molecule has 0 spiro atoms. The highest BCUT2D eigenvalue weighted by Crippen LogP contribution is 2.35. The maximum atomic E-state index is 14.0. The van der Waals surface area contributed by atoms with E-state index in [-0.39, 0.29) is 43.8 Å². The lowest BCUT2D eigenvalue weighted by molar-refractivity contribution is -0.123. The van der Waals surface area contributed by atoms with Gasteiger partial charge in [-0.15, -0.1) is 0 Å². The maximum Gasteiger partial charge on any atom is 0.250 e. The molecule has 2 saturated heterocycles. The van der Waals surface area contributed by atoms with Gasteiger partial charge in [0.05, 0.1) is 25.2 Å². The number of hydrogen-bond acceptors (Lipinski definition) is 8. The molecule has 9 nitrogen and oxygen atoms in total. The lowest BCUT2D eigenvalue weighted by Gasteiger charge is -2.38. The van der Waals surface area contributed by atoms with E-state index in [0.29, 0.717) is 25.7 Å².